The Bertz CT molecular complexity index is 969. The van der Waals surface area contributed by atoms with Gasteiger partial charge in [0.25, 0.3) is 0 Å². The summed E-state index contributed by atoms with van der Waals surface area (Å²) in [5.74, 6) is 2.31. The zero-order valence-electron chi connectivity index (χ0n) is 20.4. The normalized spacial score (nSPS) is 18.3. The topological polar surface area (TPSA) is 130 Å². The first-order valence-corrected chi connectivity index (χ1v) is 12.6. The summed E-state index contributed by atoms with van der Waals surface area (Å²) in [6, 6.07) is 5.61. The number of benzene rings is 1. The van der Waals surface area contributed by atoms with Gasteiger partial charge < -0.3 is 27.0 Å². The van der Waals surface area contributed by atoms with E-state index in [-0.39, 0.29) is 6.04 Å². The number of carbonyl (C=O) groups excluding carboxylic acids is 1. The van der Waals surface area contributed by atoms with E-state index in [1.807, 2.05) is 13.0 Å². The molecular formula is C25H38N8O. The van der Waals surface area contributed by atoms with Crippen molar-refractivity contribution in [1.29, 1.82) is 0 Å². The van der Waals surface area contributed by atoms with Crippen molar-refractivity contribution in [3.8, 4) is 0 Å². The van der Waals surface area contributed by atoms with Crippen molar-refractivity contribution < 1.29 is 4.79 Å². The number of nitrogens with zero attached hydrogens (tertiary/aromatic N) is 3. The molecule has 1 unspecified atom stereocenters. The number of hydrogen-bond acceptors (Lipinski definition) is 8. The van der Waals surface area contributed by atoms with E-state index in [9.17, 15) is 4.79 Å². The van der Waals surface area contributed by atoms with E-state index >= 15 is 0 Å². The number of rotatable bonds is 9. The minimum absolute atomic E-state index is 0.285. The maximum absolute atomic E-state index is 11.7. The second-order valence-corrected chi connectivity index (χ2v) is 9.73. The van der Waals surface area contributed by atoms with Crippen LogP contribution in [0.25, 0.3) is 0 Å². The molecule has 1 aromatic heterocycles. The smallest absolute Gasteiger partial charge is 0.248 e. The van der Waals surface area contributed by atoms with Crippen molar-refractivity contribution in [3.05, 3.63) is 29.3 Å². The van der Waals surface area contributed by atoms with Crippen LogP contribution < -0.4 is 27.0 Å². The number of aryl methyl sites for hydroxylation is 1. The minimum Gasteiger partial charge on any atom is -0.366 e. The quantitative estimate of drug-likeness (QED) is 0.377. The van der Waals surface area contributed by atoms with E-state index in [4.69, 9.17) is 5.73 Å². The van der Waals surface area contributed by atoms with Crippen molar-refractivity contribution in [2.24, 2.45) is 17.6 Å². The molecule has 1 aliphatic carbocycles. The summed E-state index contributed by atoms with van der Waals surface area (Å²) in [5, 5.41) is 13.7. The summed E-state index contributed by atoms with van der Waals surface area (Å²) in [4.78, 5) is 25.6. The standard InChI is InChI=1S/C25H38N8O/c1-16-8-9-20(22(26)34)14-21(16)30-25-32-23(28-15-18-10-12-27-13-11-18)31-24(33-25)29-17(2)19-6-4-3-5-7-19/h8-9,14,17-19,27H,3-7,10-13,15H2,1-2H3,(H2,26,34)(H3,28,29,30,31,32,33). The van der Waals surface area contributed by atoms with E-state index in [1.54, 1.807) is 12.1 Å². The first-order valence-electron chi connectivity index (χ1n) is 12.6. The van der Waals surface area contributed by atoms with Crippen molar-refractivity contribution >= 4 is 29.4 Å². The molecule has 2 aliphatic rings. The van der Waals surface area contributed by atoms with Gasteiger partial charge in [-0.2, -0.15) is 15.0 Å². The van der Waals surface area contributed by atoms with Gasteiger partial charge in [0.15, 0.2) is 0 Å². The summed E-state index contributed by atoms with van der Waals surface area (Å²) in [5.41, 5.74) is 7.64. The minimum atomic E-state index is -0.466. The summed E-state index contributed by atoms with van der Waals surface area (Å²) >= 11 is 0. The predicted octanol–water partition coefficient (Wildman–Crippen LogP) is 3.81. The third kappa shape index (κ3) is 6.56. The zero-order valence-corrected chi connectivity index (χ0v) is 20.4. The van der Waals surface area contributed by atoms with Gasteiger partial charge in [-0.05, 0) is 82.2 Å². The molecule has 0 radical (unpaired) electrons. The van der Waals surface area contributed by atoms with Crippen molar-refractivity contribution in [1.82, 2.24) is 20.3 Å². The maximum Gasteiger partial charge on any atom is 0.248 e. The van der Waals surface area contributed by atoms with Gasteiger partial charge >= 0.3 is 0 Å². The van der Waals surface area contributed by atoms with E-state index in [1.165, 1.54) is 32.1 Å². The first-order chi connectivity index (χ1) is 16.5. The lowest BCUT2D eigenvalue weighted by Gasteiger charge is -2.28. The summed E-state index contributed by atoms with van der Waals surface area (Å²) in [6.07, 6.45) is 8.68. The lowest BCUT2D eigenvalue weighted by atomic mass is 9.85. The number of carbonyl (C=O) groups is 1. The molecule has 4 rings (SSSR count). The molecule has 1 aromatic carbocycles. The number of amides is 1. The zero-order chi connectivity index (χ0) is 23.9. The molecule has 2 fully saturated rings. The fourth-order valence-electron chi connectivity index (χ4n) is 4.88. The van der Waals surface area contributed by atoms with Gasteiger partial charge in [0.1, 0.15) is 0 Å². The van der Waals surface area contributed by atoms with Crippen molar-refractivity contribution in [3.63, 3.8) is 0 Å². The number of anilines is 4. The van der Waals surface area contributed by atoms with Crippen LogP contribution in [0.5, 0.6) is 0 Å². The van der Waals surface area contributed by atoms with Gasteiger partial charge in [-0.25, -0.2) is 0 Å². The number of aromatic nitrogens is 3. The molecule has 0 bridgehead atoms. The van der Waals surface area contributed by atoms with Gasteiger partial charge in [-0.15, -0.1) is 0 Å². The molecule has 1 saturated carbocycles. The SMILES string of the molecule is Cc1ccc(C(N)=O)cc1Nc1nc(NCC2CCNCC2)nc(NC(C)C2CCCCC2)n1. The lowest BCUT2D eigenvalue weighted by Crippen LogP contribution is -2.31. The van der Waals surface area contributed by atoms with E-state index in [0.29, 0.717) is 35.2 Å². The number of piperidine rings is 1. The van der Waals surface area contributed by atoms with Crippen LogP contribution in [0.4, 0.5) is 23.5 Å². The Morgan fingerprint density at radius 3 is 2.50 bits per heavy atom. The number of primary amides is 1. The second-order valence-electron chi connectivity index (χ2n) is 9.73. The highest BCUT2D eigenvalue weighted by Gasteiger charge is 2.21. The summed E-state index contributed by atoms with van der Waals surface area (Å²) in [6.45, 7) is 7.12. The maximum atomic E-state index is 11.7. The van der Waals surface area contributed by atoms with Crippen LogP contribution in [0.1, 0.15) is 67.8 Å². The summed E-state index contributed by atoms with van der Waals surface area (Å²) < 4.78 is 0. The van der Waals surface area contributed by atoms with Crippen LogP contribution in [-0.2, 0) is 0 Å². The van der Waals surface area contributed by atoms with Crippen LogP contribution >= 0.6 is 0 Å². The second kappa shape index (κ2) is 11.5. The van der Waals surface area contributed by atoms with Crippen LogP contribution in [0, 0.1) is 18.8 Å². The molecule has 9 heteroatoms. The third-order valence-electron chi connectivity index (χ3n) is 7.13. The van der Waals surface area contributed by atoms with E-state index in [2.05, 4.69) is 43.1 Å². The average molecular weight is 467 g/mol. The largest absolute Gasteiger partial charge is 0.366 e. The average Bonchev–Trinajstić information content (AvgIpc) is 2.85. The lowest BCUT2D eigenvalue weighted by molar-refractivity contribution is 0.100. The van der Waals surface area contributed by atoms with Gasteiger partial charge in [0.2, 0.25) is 23.8 Å². The van der Waals surface area contributed by atoms with Crippen LogP contribution in [0.2, 0.25) is 0 Å². The Hall–Kier alpha value is -2.94. The molecule has 34 heavy (non-hydrogen) atoms. The van der Waals surface area contributed by atoms with Gasteiger partial charge in [0.05, 0.1) is 0 Å². The number of nitrogens with two attached hydrogens (primary N) is 1. The van der Waals surface area contributed by atoms with Crippen LogP contribution in [-0.4, -0.2) is 46.5 Å². The van der Waals surface area contributed by atoms with Gasteiger partial charge in [-0.3, -0.25) is 4.79 Å². The predicted molar refractivity (Wildman–Crippen MR) is 137 cm³/mol. The van der Waals surface area contributed by atoms with Crippen molar-refractivity contribution in [2.45, 2.75) is 64.8 Å². The van der Waals surface area contributed by atoms with E-state index < -0.39 is 5.91 Å². The molecule has 2 heterocycles. The highest BCUT2D eigenvalue weighted by atomic mass is 16.1. The number of nitrogens with one attached hydrogen (secondary N) is 4. The fourth-order valence-corrected chi connectivity index (χ4v) is 4.88. The molecule has 6 N–H and O–H groups in total. The molecule has 184 valence electrons. The molecule has 1 amide bonds. The molecule has 1 atom stereocenters. The Morgan fingerprint density at radius 2 is 1.76 bits per heavy atom. The molecule has 9 nitrogen and oxygen atoms in total. The highest BCUT2D eigenvalue weighted by Crippen LogP contribution is 2.28. The third-order valence-corrected chi connectivity index (χ3v) is 7.13. The fraction of sp³-hybridized carbons (Fsp3) is 0.600. The monoisotopic (exact) mass is 466 g/mol. The van der Waals surface area contributed by atoms with Crippen molar-refractivity contribution in [2.75, 3.05) is 35.6 Å². The van der Waals surface area contributed by atoms with Crippen LogP contribution in [0.15, 0.2) is 18.2 Å². The Kier molecular flexibility index (Phi) is 8.16. The molecule has 2 aromatic rings. The highest BCUT2D eigenvalue weighted by molar-refractivity contribution is 5.94. The molecule has 1 aliphatic heterocycles. The van der Waals surface area contributed by atoms with Crippen LogP contribution in [0.3, 0.4) is 0 Å². The Balaban J connectivity index is 1.54. The Morgan fingerprint density at radius 1 is 1.06 bits per heavy atom. The van der Waals surface area contributed by atoms with Gasteiger partial charge in [-0.1, -0.05) is 25.3 Å². The molecular weight excluding hydrogens is 428 g/mol. The number of hydrogen-bond donors (Lipinski definition) is 5. The molecule has 1 saturated heterocycles. The first kappa shape index (κ1) is 24.2. The van der Waals surface area contributed by atoms with E-state index in [0.717, 1.165) is 43.7 Å². The summed E-state index contributed by atoms with van der Waals surface area (Å²) in [7, 11) is 0. The Labute approximate surface area is 202 Å². The van der Waals surface area contributed by atoms with Gasteiger partial charge in [0, 0.05) is 23.8 Å². The molecule has 0 spiro atoms.